The molecule has 0 spiro atoms. The minimum absolute atomic E-state index is 0.000785. The number of carbonyl (C=O) groups is 1. The molecule has 0 aromatic heterocycles. The maximum atomic E-state index is 12.1. The van der Waals surface area contributed by atoms with Crippen LogP contribution in [0.5, 0.6) is 11.5 Å². The van der Waals surface area contributed by atoms with Gasteiger partial charge in [0, 0.05) is 29.3 Å². The van der Waals surface area contributed by atoms with Crippen molar-refractivity contribution >= 4 is 17.7 Å². The largest absolute Gasteiger partial charge is 0.467 e. The predicted octanol–water partition coefficient (Wildman–Crippen LogP) is 3.82. The normalized spacial score (nSPS) is 13.1. The number of esters is 1. The fourth-order valence-corrected chi connectivity index (χ4v) is 2.62. The van der Waals surface area contributed by atoms with E-state index in [9.17, 15) is 23.7 Å². The zero-order valence-electron chi connectivity index (χ0n) is 14.9. The van der Waals surface area contributed by atoms with E-state index in [4.69, 9.17) is 14.2 Å². The molecule has 0 amide bonds. The average molecular weight is 407 g/mol. The number of rotatable bonds is 7. The van der Waals surface area contributed by atoms with Crippen LogP contribution in [0.1, 0.15) is 16.7 Å². The second-order valence-corrected chi connectivity index (χ2v) is 5.85. The smallest absolute Gasteiger partial charge is 0.387 e. The number of ether oxygens (including phenoxy) is 4. The lowest BCUT2D eigenvalue weighted by atomic mass is 10.1. The molecule has 1 aliphatic rings. The molecule has 1 heterocycles. The Kier molecular flexibility index (Phi) is 6.35. The summed E-state index contributed by atoms with van der Waals surface area (Å²) < 4.78 is 44.1. The molecule has 2 aromatic rings. The van der Waals surface area contributed by atoms with Crippen LogP contribution >= 0.6 is 0 Å². The van der Waals surface area contributed by atoms with Gasteiger partial charge >= 0.3 is 12.6 Å². The summed E-state index contributed by atoms with van der Waals surface area (Å²) in [6, 6.07) is 8.29. The van der Waals surface area contributed by atoms with E-state index in [0.717, 1.165) is 6.08 Å². The van der Waals surface area contributed by atoms with Crippen LogP contribution in [0.3, 0.4) is 0 Å². The lowest BCUT2D eigenvalue weighted by molar-refractivity contribution is -0.385. The molecule has 0 unspecified atom stereocenters. The van der Waals surface area contributed by atoms with Crippen molar-refractivity contribution in [2.75, 3.05) is 6.79 Å². The Labute approximate surface area is 163 Å². The summed E-state index contributed by atoms with van der Waals surface area (Å²) in [5.74, 6) is -0.294. The first-order chi connectivity index (χ1) is 13.9. The summed E-state index contributed by atoms with van der Waals surface area (Å²) in [7, 11) is 0. The van der Waals surface area contributed by atoms with Crippen LogP contribution in [0.25, 0.3) is 6.08 Å². The molecule has 0 fully saturated rings. The summed E-state index contributed by atoms with van der Waals surface area (Å²) in [5, 5.41) is 11.1. The van der Waals surface area contributed by atoms with Crippen molar-refractivity contribution in [3.63, 3.8) is 0 Å². The van der Waals surface area contributed by atoms with E-state index in [1.165, 1.54) is 42.5 Å². The second-order valence-electron chi connectivity index (χ2n) is 5.85. The highest BCUT2D eigenvalue weighted by Gasteiger charge is 2.21. The quantitative estimate of drug-likeness (QED) is 0.298. The van der Waals surface area contributed by atoms with Crippen molar-refractivity contribution in [3.05, 3.63) is 69.3 Å². The third-order valence-electron chi connectivity index (χ3n) is 3.87. The number of fused-ring (bicyclic) bond motifs is 1. The number of alkyl halides is 2. The van der Waals surface area contributed by atoms with E-state index >= 15 is 0 Å². The predicted molar refractivity (Wildman–Crippen MR) is 95.3 cm³/mol. The molecule has 8 nitrogen and oxygen atoms in total. The molecule has 0 atom stereocenters. The fourth-order valence-electron chi connectivity index (χ4n) is 2.62. The van der Waals surface area contributed by atoms with Gasteiger partial charge in [0.05, 0.1) is 11.5 Å². The zero-order chi connectivity index (χ0) is 20.8. The molecular weight excluding hydrogens is 392 g/mol. The fraction of sp³-hybridized carbons (Fsp3) is 0.211. The molecule has 3 rings (SSSR count). The summed E-state index contributed by atoms with van der Waals surface area (Å²) in [6.45, 7) is -2.99. The van der Waals surface area contributed by atoms with Crippen LogP contribution in [-0.2, 0) is 27.5 Å². The van der Waals surface area contributed by atoms with Gasteiger partial charge in [-0.3, -0.25) is 10.1 Å². The molecule has 0 N–H and O–H groups in total. The number of nitro groups is 1. The van der Waals surface area contributed by atoms with Gasteiger partial charge in [0.2, 0.25) is 0 Å². The number of hydrogen-bond acceptors (Lipinski definition) is 7. The minimum Gasteiger partial charge on any atom is -0.467 e. The van der Waals surface area contributed by atoms with Gasteiger partial charge in [-0.2, -0.15) is 8.78 Å². The van der Waals surface area contributed by atoms with Gasteiger partial charge in [-0.15, -0.1) is 0 Å². The molecule has 0 saturated heterocycles. The van der Waals surface area contributed by atoms with Crippen molar-refractivity contribution in [1.82, 2.24) is 0 Å². The topological polar surface area (TPSA) is 97.1 Å². The van der Waals surface area contributed by atoms with Gasteiger partial charge in [0.15, 0.2) is 6.79 Å². The highest BCUT2D eigenvalue weighted by atomic mass is 19.3. The lowest BCUT2D eigenvalue weighted by Crippen LogP contribution is -2.14. The number of non-ortho nitro benzene ring substituents is 1. The van der Waals surface area contributed by atoms with Gasteiger partial charge in [-0.05, 0) is 23.8 Å². The second kappa shape index (κ2) is 9.11. The van der Waals surface area contributed by atoms with E-state index in [1.54, 1.807) is 0 Å². The van der Waals surface area contributed by atoms with Crippen LogP contribution in [0, 0.1) is 10.1 Å². The molecule has 29 heavy (non-hydrogen) atoms. The van der Waals surface area contributed by atoms with Crippen LogP contribution in [0.4, 0.5) is 14.5 Å². The van der Waals surface area contributed by atoms with Crippen molar-refractivity contribution in [2.24, 2.45) is 0 Å². The number of carbonyl (C=O) groups excluding carboxylic acids is 1. The van der Waals surface area contributed by atoms with Crippen molar-refractivity contribution in [2.45, 2.75) is 19.8 Å². The molecule has 0 saturated carbocycles. The van der Waals surface area contributed by atoms with Gasteiger partial charge in [0.1, 0.15) is 18.1 Å². The number of halogens is 2. The van der Waals surface area contributed by atoms with Crippen LogP contribution < -0.4 is 9.47 Å². The van der Waals surface area contributed by atoms with Crippen LogP contribution in [-0.4, -0.2) is 24.3 Å². The zero-order valence-corrected chi connectivity index (χ0v) is 14.9. The van der Waals surface area contributed by atoms with Crippen molar-refractivity contribution < 1.29 is 37.4 Å². The number of benzene rings is 2. The van der Waals surface area contributed by atoms with Gasteiger partial charge in [-0.25, -0.2) is 4.79 Å². The lowest BCUT2D eigenvalue weighted by Gasteiger charge is -2.20. The molecule has 0 aliphatic carbocycles. The Morgan fingerprint density at radius 2 is 2.03 bits per heavy atom. The van der Waals surface area contributed by atoms with Crippen molar-refractivity contribution in [3.8, 4) is 11.5 Å². The first-order valence-corrected chi connectivity index (χ1v) is 8.33. The minimum atomic E-state index is -2.92. The highest BCUT2D eigenvalue weighted by molar-refractivity contribution is 5.87. The summed E-state index contributed by atoms with van der Waals surface area (Å²) >= 11 is 0. The maximum absolute atomic E-state index is 12.1. The Morgan fingerprint density at radius 1 is 1.28 bits per heavy atom. The van der Waals surface area contributed by atoms with E-state index < -0.39 is 17.5 Å². The molecule has 1 aliphatic heterocycles. The van der Waals surface area contributed by atoms with Gasteiger partial charge in [0.25, 0.3) is 5.69 Å². The Balaban J connectivity index is 1.64. The standard InChI is InChI=1S/C19H15F2NO7/c20-19(21)29-16-4-1-12(2-5-16)3-6-17(23)27-10-14-8-15(22(24)25)7-13-9-26-11-28-18(13)14/h1-8,19H,9-11H2/b6-3+. The molecule has 2 aromatic carbocycles. The highest BCUT2D eigenvalue weighted by Crippen LogP contribution is 2.33. The first kappa shape index (κ1) is 20.2. The third kappa shape index (κ3) is 5.48. The molecule has 10 heteroatoms. The summed E-state index contributed by atoms with van der Waals surface area (Å²) in [6.07, 6.45) is 2.58. The van der Waals surface area contributed by atoms with E-state index in [2.05, 4.69) is 4.74 Å². The van der Waals surface area contributed by atoms with Crippen LogP contribution in [0.15, 0.2) is 42.5 Å². The third-order valence-corrected chi connectivity index (χ3v) is 3.87. The molecule has 152 valence electrons. The van der Waals surface area contributed by atoms with E-state index in [-0.39, 0.29) is 31.4 Å². The Bertz CT molecular complexity index is 929. The van der Waals surface area contributed by atoms with Crippen molar-refractivity contribution in [1.29, 1.82) is 0 Å². The van der Waals surface area contributed by atoms with E-state index in [0.29, 0.717) is 22.4 Å². The summed E-state index contributed by atoms with van der Waals surface area (Å²) in [5.41, 5.74) is 1.26. The number of hydrogen-bond donors (Lipinski definition) is 0. The van der Waals surface area contributed by atoms with Gasteiger partial charge in [-0.1, -0.05) is 12.1 Å². The number of nitrogens with zero attached hydrogens (tertiary/aromatic N) is 1. The molecule has 0 radical (unpaired) electrons. The molecular formula is C19H15F2NO7. The first-order valence-electron chi connectivity index (χ1n) is 8.33. The summed E-state index contributed by atoms with van der Waals surface area (Å²) in [4.78, 5) is 22.5. The van der Waals surface area contributed by atoms with Crippen LogP contribution in [0.2, 0.25) is 0 Å². The average Bonchev–Trinajstić information content (AvgIpc) is 2.70. The number of nitro benzene ring substituents is 1. The SMILES string of the molecule is O=C(/C=C/c1ccc(OC(F)F)cc1)OCc1cc([N+](=O)[O-])cc2c1OCOC2. The maximum Gasteiger partial charge on any atom is 0.387 e. The monoisotopic (exact) mass is 407 g/mol. The van der Waals surface area contributed by atoms with E-state index in [1.807, 2.05) is 0 Å². The Hall–Kier alpha value is -3.53. The Morgan fingerprint density at radius 3 is 2.72 bits per heavy atom. The van der Waals surface area contributed by atoms with Gasteiger partial charge < -0.3 is 18.9 Å². The molecule has 0 bridgehead atoms.